The van der Waals surface area contributed by atoms with Crippen molar-refractivity contribution in [2.75, 3.05) is 0 Å². The molecule has 1 atom stereocenters. The Balaban J connectivity index is 2.26. The van der Waals surface area contributed by atoms with Crippen molar-refractivity contribution in [3.8, 4) is 0 Å². The molecule has 0 saturated heterocycles. The van der Waals surface area contributed by atoms with Gasteiger partial charge in [0.15, 0.2) is 0 Å². The van der Waals surface area contributed by atoms with Gasteiger partial charge in [0, 0.05) is 15.6 Å². The molecule has 0 amide bonds. The minimum atomic E-state index is -0.489. The van der Waals surface area contributed by atoms with Gasteiger partial charge in [0.25, 0.3) is 0 Å². The van der Waals surface area contributed by atoms with Gasteiger partial charge in [-0.3, -0.25) is 0 Å². The van der Waals surface area contributed by atoms with Gasteiger partial charge in [0.05, 0.1) is 11.1 Å². The van der Waals surface area contributed by atoms with Crippen molar-refractivity contribution in [3.63, 3.8) is 0 Å². The normalized spacial score (nSPS) is 12.4. The highest BCUT2D eigenvalue weighted by atomic mass is 79.9. The van der Waals surface area contributed by atoms with Crippen LogP contribution < -0.4 is 0 Å². The smallest absolute Gasteiger partial charge is 0.119 e. The van der Waals surface area contributed by atoms with Gasteiger partial charge >= 0.3 is 0 Å². The topological polar surface area (TPSA) is 33.1 Å². The predicted octanol–water partition coefficient (Wildman–Crippen LogP) is 4.70. The minimum Gasteiger partial charge on any atom is -0.389 e. The van der Waals surface area contributed by atoms with Gasteiger partial charge < -0.3 is 5.11 Å². The highest BCUT2D eigenvalue weighted by Gasteiger charge is 2.09. The summed E-state index contributed by atoms with van der Waals surface area (Å²) in [5.74, 6) is 0. The second kappa shape index (κ2) is 6.06. The maximum Gasteiger partial charge on any atom is 0.119 e. The minimum absolute atomic E-state index is 0.489. The summed E-state index contributed by atoms with van der Waals surface area (Å²) in [5, 5.41) is 11.0. The molecule has 1 N–H and O–H groups in total. The SMILES string of the molecule is CC(O)c1ccc(Sc2ncccc2Cl)cc1Br. The third-order valence-electron chi connectivity index (χ3n) is 2.36. The van der Waals surface area contributed by atoms with Crippen LogP contribution in [0.15, 0.2) is 50.9 Å². The number of pyridine rings is 1. The molecule has 18 heavy (non-hydrogen) atoms. The van der Waals surface area contributed by atoms with Gasteiger partial charge in [-0.2, -0.15) is 0 Å². The van der Waals surface area contributed by atoms with E-state index in [9.17, 15) is 5.11 Å². The third kappa shape index (κ3) is 3.26. The summed E-state index contributed by atoms with van der Waals surface area (Å²) in [6.45, 7) is 1.74. The van der Waals surface area contributed by atoms with E-state index < -0.39 is 6.10 Å². The van der Waals surface area contributed by atoms with E-state index in [-0.39, 0.29) is 0 Å². The lowest BCUT2D eigenvalue weighted by atomic mass is 10.1. The van der Waals surface area contributed by atoms with Gasteiger partial charge in [-0.15, -0.1) is 0 Å². The first-order valence-electron chi connectivity index (χ1n) is 5.34. The maximum absolute atomic E-state index is 9.56. The zero-order valence-corrected chi connectivity index (χ0v) is 12.8. The van der Waals surface area contributed by atoms with Crippen LogP contribution in [0.25, 0.3) is 0 Å². The standard InChI is InChI=1S/C13H11BrClNOS/c1-8(17)10-5-4-9(7-11(10)14)18-13-12(15)3-2-6-16-13/h2-8,17H,1H3. The molecular weight excluding hydrogens is 334 g/mol. The van der Waals surface area contributed by atoms with Crippen LogP contribution in [0.3, 0.4) is 0 Å². The van der Waals surface area contributed by atoms with E-state index in [1.807, 2.05) is 24.3 Å². The molecule has 1 heterocycles. The van der Waals surface area contributed by atoms with E-state index in [0.717, 1.165) is 20.0 Å². The molecule has 0 aliphatic heterocycles. The molecule has 0 saturated carbocycles. The van der Waals surface area contributed by atoms with Crippen molar-refractivity contribution in [3.05, 3.63) is 51.6 Å². The zero-order valence-electron chi connectivity index (χ0n) is 9.60. The number of aliphatic hydroxyl groups excluding tert-OH is 1. The van der Waals surface area contributed by atoms with Crippen LogP contribution in [0.4, 0.5) is 0 Å². The summed E-state index contributed by atoms with van der Waals surface area (Å²) in [5.41, 5.74) is 0.867. The fraction of sp³-hybridized carbons (Fsp3) is 0.154. The molecule has 0 aliphatic carbocycles. The zero-order chi connectivity index (χ0) is 13.1. The molecule has 2 rings (SSSR count). The number of nitrogens with zero attached hydrogens (tertiary/aromatic N) is 1. The van der Waals surface area contributed by atoms with Crippen molar-refractivity contribution in [1.82, 2.24) is 4.98 Å². The molecule has 1 unspecified atom stereocenters. The Bertz CT molecular complexity index is 562. The summed E-state index contributed by atoms with van der Waals surface area (Å²) in [6, 6.07) is 9.42. The molecule has 2 aromatic rings. The average Bonchev–Trinajstić information content (AvgIpc) is 2.32. The highest BCUT2D eigenvalue weighted by Crippen LogP contribution is 2.34. The number of aromatic nitrogens is 1. The number of hydrogen-bond donors (Lipinski definition) is 1. The summed E-state index contributed by atoms with van der Waals surface area (Å²) < 4.78 is 0.884. The largest absolute Gasteiger partial charge is 0.389 e. The molecule has 1 aromatic carbocycles. The van der Waals surface area contributed by atoms with Crippen LogP contribution in [0.1, 0.15) is 18.6 Å². The second-order valence-corrected chi connectivity index (χ2v) is 6.08. The van der Waals surface area contributed by atoms with E-state index in [4.69, 9.17) is 11.6 Å². The van der Waals surface area contributed by atoms with Crippen LogP contribution in [0, 0.1) is 0 Å². The summed E-state index contributed by atoms with van der Waals surface area (Å²) in [7, 11) is 0. The van der Waals surface area contributed by atoms with E-state index in [0.29, 0.717) is 5.02 Å². The monoisotopic (exact) mass is 343 g/mol. The van der Waals surface area contributed by atoms with Crippen LogP contribution in [0.2, 0.25) is 5.02 Å². The Morgan fingerprint density at radius 3 is 2.78 bits per heavy atom. The number of halogens is 2. The molecule has 5 heteroatoms. The van der Waals surface area contributed by atoms with E-state index in [2.05, 4.69) is 20.9 Å². The van der Waals surface area contributed by atoms with Crippen LogP contribution in [-0.2, 0) is 0 Å². The molecular formula is C13H11BrClNOS. The predicted molar refractivity (Wildman–Crippen MR) is 78.1 cm³/mol. The molecule has 0 fully saturated rings. The van der Waals surface area contributed by atoms with Crippen molar-refractivity contribution in [1.29, 1.82) is 0 Å². The molecule has 0 bridgehead atoms. The lowest BCUT2D eigenvalue weighted by molar-refractivity contribution is 0.198. The molecule has 94 valence electrons. The molecule has 0 spiro atoms. The summed E-state index contributed by atoms with van der Waals surface area (Å²) in [4.78, 5) is 5.25. The van der Waals surface area contributed by atoms with Gasteiger partial charge in [-0.05, 0) is 36.8 Å². The van der Waals surface area contributed by atoms with Crippen LogP contribution in [0.5, 0.6) is 0 Å². The first-order chi connectivity index (χ1) is 8.58. The van der Waals surface area contributed by atoms with Crippen LogP contribution in [-0.4, -0.2) is 10.1 Å². The number of aliphatic hydroxyl groups is 1. The van der Waals surface area contributed by atoms with Gasteiger partial charge in [0.1, 0.15) is 5.03 Å². The van der Waals surface area contributed by atoms with E-state index in [1.54, 1.807) is 19.2 Å². The Hall–Kier alpha value is -0.550. The molecule has 0 radical (unpaired) electrons. The van der Waals surface area contributed by atoms with E-state index in [1.165, 1.54) is 11.8 Å². The Morgan fingerprint density at radius 1 is 1.39 bits per heavy atom. The Kier molecular flexibility index (Phi) is 4.67. The maximum atomic E-state index is 9.56. The number of rotatable bonds is 3. The lowest BCUT2D eigenvalue weighted by Crippen LogP contribution is -1.92. The van der Waals surface area contributed by atoms with Crippen molar-refractivity contribution in [2.24, 2.45) is 0 Å². The number of hydrogen-bond acceptors (Lipinski definition) is 3. The van der Waals surface area contributed by atoms with Gasteiger partial charge in [-0.25, -0.2) is 4.98 Å². The van der Waals surface area contributed by atoms with Crippen molar-refractivity contribution in [2.45, 2.75) is 22.9 Å². The number of benzene rings is 1. The van der Waals surface area contributed by atoms with Crippen molar-refractivity contribution < 1.29 is 5.11 Å². The van der Waals surface area contributed by atoms with E-state index >= 15 is 0 Å². The second-order valence-electron chi connectivity index (χ2n) is 3.75. The molecule has 2 nitrogen and oxygen atoms in total. The highest BCUT2D eigenvalue weighted by molar-refractivity contribution is 9.10. The third-order valence-corrected chi connectivity index (χ3v) is 4.47. The lowest BCUT2D eigenvalue weighted by Gasteiger charge is -2.09. The van der Waals surface area contributed by atoms with Gasteiger partial charge in [-0.1, -0.05) is 45.4 Å². The molecule has 0 aliphatic rings. The Labute approximate surface area is 124 Å². The first-order valence-corrected chi connectivity index (χ1v) is 7.32. The first kappa shape index (κ1) is 13.9. The van der Waals surface area contributed by atoms with Crippen LogP contribution >= 0.6 is 39.3 Å². The molecule has 1 aromatic heterocycles. The average molecular weight is 345 g/mol. The van der Waals surface area contributed by atoms with Crippen molar-refractivity contribution >= 4 is 39.3 Å². The fourth-order valence-electron chi connectivity index (χ4n) is 1.47. The fourth-order valence-corrected chi connectivity index (χ4v) is 3.38. The Morgan fingerprint density at radius 2 is 2.17 bits per heavy atom. The quantitative estimate of drug-likeness (QED) is 0.876. The summed E-state index contributed by atoms with van der Waals surface area (Å²) in [6.07, 6.45) is 1.23. The van der Waals surface area contributed by atoms with Gasteiger partial charge in [0.2, 0.25) is 0 Å². The summed E-state index contributed by atoms with van der Waals surface area (Å²) >= 11 is 11.0.